The van der Waals surface area contributed by atoms with Gasteiger partial charge in [-0.1, -0.05) is 0 Å². The Balaban J connectivity index is 2.17. The van der Waals surface area contributed by atoms with Crippen molar-refractivity contribution >= 4 is 11.8 Å². The number of rotatable bonds is 6. The molecule has 1 atom stereocenters. The second kappa shape index (κ2) is 7.53. The van der Waals surface area contributed by atoms with Crippen LogP contribution in [-0.4, -0.2) is 49.6 Å². The molecule has 0 aromatic rings. The Morgan fingerprint density at radius 2 is 2.07 bits per heavy atom. The summed E-state index contributed by atoms with van der Waals surface area (Å²) >= 11 is 1.96. The summed E-state index contributed by atoms with van der Waals surface area (Å²) in [7, 11) is 2.28. The van der Waals surface area contributed by atoms with Gasteiger partial charge >= 0.3 is 0 Å². The maximum absolute atomic E-state index is 3.43. The summed E-state index contributed by atoms with van der Waals surface area (Å²) in [6.07, 6.45) is 6.24. The van der Waals surface area contributed by atoms with E-state index in [1.54, 1.807) is 0 Å². The van der Waals surface area contributed by atoms with Gasteiger partial charge in [0.25, 0.3) is 0 Å². The molecular formula is C12H26N2S. The minimum atomic E-state index is 0.743. The van der Waals surface area contributed by atoms with Crippen LogP contribution in [0.15, 0.2) is 0 Å². The smallest absolute Gasteiger partial charge is 0.00718 e. The van der Waals surface area contributed by atoms with E-state index < -0.39 is 0 Å². The highest BCUT2D eigenvalue weighted by molar-refractivity contribution is 7.98. The number of thioether (sulfide) groups is 1. The number of nitrogens with one attached hydrogen (secondary N) is 1. The molecule has 0 aliphatic carbocycles. The third-order valence-electron chi connectivity index (χ3n) is 3.50. The van der Waals surface area contributed by atoms with E-state index >= 15 is 0 Å². The van der Waals surface area contributed by atoms with Gasteiger partial charge in [0, 0.05) is 12.6 Å². The zero-order valence-corrected chi connectivity index (χ0v) is 11.3. The van der Waals surface area contributed by atoms with E-state index in [0.717, 1.165) is 12.0 Å². The summed E-state index contributed by atoms with van der Waals surface area (Å²) in [6.45, 7) is 6.09. The molecule has 0 bridgehead atoms. The van der Waals surface area contributed by atoms with Crippen molar-refractivity contribution < 1.29 is 0 Å². The molecule has 1 N–H and O–H groups in total. The van der Waals surface area contributed by atoms with Crippen molar-refractivity contribution in [3.8, 4) is 0 Å². The zero-order valence-electron chi connectivity index (χ0n) is 10.5. The lowest BCUT2D eigenvalue weighted by atomic mass is 9.97. The van der Waals surface area contributed by atoms with Crippen molar-refractivity contribution in [1.29, 1.82) is 0 Å². The van der Waals surface area contributed by atoms with Crippen LogP contribution in [0.25, 0.3) is 0 Å². The summed E-state index contributed by atoms with van der Waals surface area (Å²) in [5.74, 6) is 2.21. The second-order valence-electron chi connectivity index (χ2n) is 4.76. The SMILES string of the molecule is CSCCC(C)N(C)CC1CCNCC1. The molecule has 1 rings (SSSR count). The van der Waals surface area contributed by atoms with Crippen molar-refractivity contribution in [3.63, 3.8) is 0 Å². The van der Waals surface area contributed by atoms with Gasteiger partial charge in [-0.05, 0) is 64.2 Å². The molecule has 0 saturated carbocycles. The summed E-state index contributed by atoms with van der Waals surface area (Å²) in [4.78, 5) is 2.55. The Kier molecular flexibility index (Phi) is 6.69. The third kappa shape index (κ3) is 5.23. The average Bonchev–Trinajstić information content (AvgIpc) is 2.27. The zero-order chi connectivity index (χ0) is 11.1. The van der Waals surface area contributed by atoms with Gasteiger partial charge in [0.05, 0.1) is 0 Å². The highest BCUT2D eigenvalue weighted by Gasteiger charge is 2.17. The van der Waals surface area contributed by atoms with E-state index in [-0.39, 0.29) is 0 Å². The molecule has 1 fully saturated rings. The first kappa shape index (κ1) is 13.3. The molecular weight excluding hydrogens is 204 g/mol. The van der Waals surface area contributed by atoms with Crippen LogP contribution in [0.5, 0.6) is 0 Å². The Bertz CT molecular complexity index is 158. The van der Waals surface area contributed by atoms with E-state index in [1.807, 2.05) is 11.8 Å². The molecule has 0 aromatic carbocycles. The molecule has 1 heterocycles. The molecule has 1 saturated heterocycles. The molecule has 15 heavy (non-hydrogen) atoms. The monoisotopic (exact) mass is 230 g/mol. The normalized spacial score (nSPS) is 20.8. The highest BCUT2D eigenvalue weighted by atomic mass is 32.2. The highest BCUT2D eigenvalue weighted by Crippen LogP contribution is 2.15. The van der Waals surface area contributed by atoms with Gasteiger partial charge in [-0.2, -0.15) is 11.8 Å². The summed E-state index contributed by atoms with van der Waals surface area (Å²) in [6, 6.07) is 0.743. The Morgan fingerprint density at radius 1 is 1.40 bits per heavy atom. The first-order valence-electron chi connectivity index (χ1n) is 6.14. The van der Waals surface area contributed by atoms with E-state index in [4.69, 9.17) is 0 Å². The second-order valence-corrected chi connectivity index (χ2v) is 5.75. The largest absolute Gasteiger partial charge is 0.317 e. The van der Waals surface area contributed by atoms with Gasteiger partial charge in [-0.15, -0.1) is 0 Å². The predicted molar refractivity (Wildman–Crippen MR) is 70.7 cm³/mol. The van der Waals surface area contributed by atoms with E-state index in [1.165, 1.54) is 44.6 Å². The molecule has 0 spiro atoms. The molecule has 3 heteroatoms. The van der Waals surface area contributed by atoms with E-state index in [2.05, 4.69) is 30.4 Å². The summed E-state index contributed by atoms with van der Waals surface area (Å²) in [5.41, 5.74) is 0. The molecule has 2 nitrogen and oxygen atoms in total. The molecule has 1 aliphatic rings. The van der Waals surface area contributed by atoms with Gasteiger partial charge in [-0.25, -0.2) is 0 Å². The maximum atomic E-state index is 3.43. The van der Waals surface area contributed by atoms with Crippen LogP contribution in [0.3, 0.4) is 0 Å². The van der Waals surface area contributed by atoms with E-state index in [0.29, 0.717) is 0 Å². The lowest BCUT2D eigenvalue weighted by molar-refractivity contribution is 0.193. The number of nitrogens with zero attached hydrogens (tertiary/aromatic N) is 1. The van der Waals surface area contributed by atoms with Gasteiger partial charge in [0.15, 0.2) is 0 Å². The van der Waals surface area contributed by atoms with Crippen LogP contribution in [0.1, 0.15) is 26.2 Å². The Morgan fingerprint density at radius 3 is 2.67 bits per heavy atom. The van der Waals surface area contributed by atoms with Crippen molar-refractivity contribution in [2.45, 2.75) is 32.2 Å². The minimum Gasteiger partial charge on any atom is -0.317 e. The van der Waals surface area contributed by atoms with Crippen molar-refractivity contribution in [3.05, 3.63) is 0 Å². The fourth-order valence-corrected chi connectivity index (χ4v) is 2.74. The van der Waals surface area contributed by atoms with Gasteiger partial charge in [0.1, 0.15) is 0 Å². The van der Waals surface area contributed by atoms with Crippen LogP contribution >= 0.6 is 11.8 Å². The first-order chi connectivity index (χ1) is 7.24. The molecule has 90 valence electrons. The van der Waals surface area contributed by atoms with Crippen LogP contribution in [-0.2, 0) is 0 Å². The van der Waals surface area contributed by atoms with Gasteiger partial charge < -0.3 is 10.2 Å². The predicted octanol–water partition coefficient (Wildman–Crippen LogP) is 2.06. The van der Waals surface area contributed by atoms with Crippen LogP contribution < -0.4 is 5.32 Å². The minimum absolute atomic E-state index is 0.743. The van der Waals surface area contributed by atoms with Crippen LogP contribution in [0.4, 0.5) is 0 Å². The number of piperidine rings is 1. The van der Waals surface area contributed by atoms with Gasteiger partial charge in [0.2, 0.25) is 0 Å². The first-order valence-corrected chi connectivity index (χ1v) is 7.53. The van der Waals surface area contributed by atoms with E-state index in [9.17, 15) is 0 Å². The van der Waals surface area contributed by atoms with Crippen molar-refractivity contribution in [1.82, 2.24) is 10.2 Å². The van der Waals surface area contributed by atoms with Gasteiger partial charge in [-0.3, -0.25) is 0 Å². The summed E-state index contributed by atoms with van der Waals surface area (Å²) < 4.78 is 0. The summed E-state index contributed by atoms with van der Waals surface area (Å²) in [5, 5.41) is 3.43. The average molecular weight is 230 g/mol. The van der Waals surface area contributed by atoms with Crippen molar-refractivity contribution in [2.24, 2.45) is 5.92 Å². The fourth-order valence-electron chi connectivity index (χ4n) is 2.16. The molecule has 0 radical (unpaired) electrons. The molecule has 0 aromatic heterocycles. The number of hydrogen-bond donors (Lipinski definition) is 1. The molecule has 1 unspecified atom stereocenters. The Labute approximate surface area is 99.2 Å². The van der Waals surface area contributed by atoms with Crippen LogP contribution in [0, 0.1) is 5.92 Å². The lowest BCUT2D eigenvalue weighted by Gasteiger charge is -2.31. The van der Waals surface area contributed by atoms with Crippen LogP contribution in [0.2, 0.25) is 0 Å². The maximum Gasteiger partial charge on any atom is 0.00718 e. The quantitative estimate of drug-likeness (QED) is 0.752. The third-order valence-corrected chi connectivity index (χ3v) is 4.14. The topological polar surface area (TPSA) is 15.3 Å². The van der Waals surface area contributed by atoms with Crippen molar-refractivity contribution in [2.75, 3.05) is 38.7 Å². The number of hydrogen-bond acceptors (Lipinski definition) is 3. The molecule has 0 amide bonds. The standard InChI is InChI=1S/C12H26N2S/c1-11(6-9-15-3)14(2)10-12-4-7-13-8-5-12/h11-13H,4-10H2,1-3H3. The lowest BCUT2D eigenvalue weighted by Crippen LogP contribution is -2.38. The Hall–Kier alpha value is 0.270. The fraction of sp³-hybridized carbons (Fsp3) is 1.00. The molecule has 1 aliphatic heterocycles.